The number of hydrogen-bond donors (Lipinski definition) is 2. The second-order valence-electron chi connectivity index (χ2n) is 6.94. The van der Waals surface area contributed by atoms with E-state index in [2.05, 4.69) is 15.4 Å². The Morgan fingerprint density at radius 2 is 1.81 bits per heavy atom. The number of primary amides is 1. The van der Waals surface area contributed by atoms with Gasteiger partial charge >= 0.3 is 0 Å². The van der Waals surface area contributed by atoms with E-state index in [1.165, 1.54) is 23.5 Å². The zero-order valence-electron chi connectivity index (χ0n) is 17.3. The molecule has 0 fully saturated rings. The number of nitrogens with one attached hydrogen (secondary N) is 1. The van der Waals surface area contributed by atoms with Crippen LogP contribution in [0.15, 0.2) is 53.3 Å². The Bertz CT molecular complexity index is 1370. The summed E-state index contributed by atoms with van der Waals surface area (Å²) >= 11 is 1.38. The van der Waals surface area contributed by atoms with Crippen LogP contribution < -0.4 is 21.3 Å². The lowest BCUT2D eigenvalue weighted by Crippen LogP contribution is -2.30. The summed E-state index contributed by atoms with van der Waals surface area (Å²) in [6.45, 7) is 1.51. The van der Waals surface area contributed by atoms with Gasteiger partial charge in [-0.3, -0.25) is 14.4 Å². The molecule has 0 bridgehead atoms. The maximum Gasteiger partial charge on any atom is 0.294 e. The molecule has 0 aliphatic carbocycles. The smallest absolute Gasteiger partial charge is 0.294 e. The number of aryl methyl sites for hydroxylation is 1. The first-order chi connectivity index (χ1) is 15.4. The summed E-state index contributed by atoms with van der Waals surface area (Å²) in [5, 5.41) is 7.88. The van der Waals surface area contributed by atoms with E-state index in [-0.39, 0.29) is 12.1 Å². The van der Waals surface area contributed by atoms with Crippen LogP contribution in [0.5, 0.6) is 5.75 Å². The Morgan fingerprint density at radius 1 is 1.12 bits per heavy atom. The highest BCUT2D eigenvalue weighted by Crippen LogP contribution is 2.30. The van der Waals surface area contributed by atoms with Crippen molar-refractivity contribution < 1.29 is 14.3 Å². The molecule has 10 heteroatoms. The standard InChI is InChI=1S/C22H19N5O4S/c1-12-24-19-20(32-12)18(13-5-9-16(31-2)10-6-13)26-27(22(19)30)11-17(28)25-15-7-3-14(4-8-15)21(23)29/h3-10H,11H2,1-2H3,(H2,23,29)(H,25,28). The minimum absolute atomic E-state index is 0.270. The summed E-state index contributed by atoms with van der Waals surface area (Å²) in [6, 6.07) is 13.4. The van der Waals surface area contributed by atoms with Crippen molar-refractivity contribution in [2.75, 3.05) is 12.4 Å². The Balaban J connectivity index is 1.67. The average Bonchev–Trinajstić information content (AvgIpc) is 3.18. The number of rotatable bonds is 6. The van der Waals surface area contributed by atoms with E-state index in [1.54, 1.807) is 31.4 Å². The molecule has 32 heavy (non-hydrogen) atoms. The van der Waals surface area contributed by atoms with Gasteiger partial charge in [-0.05, 0) is 55.5 Å². The van der Waals surface area contributed by atoms with E-state index in [0.717, 1.165) is 15.3 Å². The number of anilines is 1. The zero-order chi connectivity index (χ0) is 22.8. The molecule has 0 radical (unpaired) electrons. The monoisotopic (exact) mass is 449 g/mol. The van der Waals surface area contributed by atoms with Gasteiger partial charge in [0.1, 0.15) is 18.0 Å². The third kappa shape index (κ3) is 4.21. The van der Waals surface area contributed by atoms with E-state index in [1.807, 2.05) is 19.1 Å². The number of carbonyl (C=O) groups excluding carboxylic acids is 2. The highest BCUT2D eigenvalue weighted by Gasteiger charge is 2.18. The maximum atomic E-state index is 12.9. The topological polar surface area (TPSA) is 129 Å². The molecule has 2 aromatic carbocycles. The SMILES string of the molecule is COc1ccc(-c2nn(CC(=O)Nc3ccc(C(N)=O)cc3)c(=O)c3nc(C)sc23)cc1. The molecule has 4 rings (SSSR count). The third-order valence-corrected chi connectivity index (χ3v) is 5.69. The van der Waals surface area contributed by atoms with Gasteiger partial charge in [0, 0.05) is 16.8 Å². The molecule has 0 atom stereocenters. The first-order valence-corrected chi connectivity index (χ1v) is 10.4. The fourth-order valence-corrected chi connectivity index (χ4v) is 4.08. The number of carbonyl (C=O) groups is 2. The minimum Gasteiger partial charge on any atom is -0.497 e. The predicted molar refractivity (Wildman–Crippen MR) is 122 cm³/mol. The van der Waals surface area contributed by atoms with E-state index >= 15 is 0 Å². The molecule has 0 spiro atoms. The lowest BCUT2D eigenvalue weighted by molar-refractivity contribution is -0.117. The quantitative estimate of drug-likeness (QED) is 0.465. The van der Waals surface area contributed by atoms with Crippen molar-refractivity contribution >= 4 is 39.1 Å². The second kappa shape index (κ2) is 8.60. The van der Waals surface area contributed by atoms with Crippen molar-refractivity contribution in [2.45, 2.75) is 13.5 Å². The molecule has 0 aliphatic heterocycles. The highest BCUT2D eigenvalue weighted by molar-refractivity contribution is 7.19. The normalized spacial score (nSPS) is 10.8. The molecule has 2 heterocycles. The molecular formula is C22H19N5O4S. The Kier molecular flexibility index (Phi) is 5.69. The molecule has 0 unspecified atom stereocenters. The van der Waals surface area contributed by atoms with Gasteiger partial charge in [-0.15, -0.1) is 11.3 Å². The van der Waals surface area contributed by atoms with E-state index in [9.17, 15) is 14.4 Å². The fraction of sp³-hybridized carbons (Fsp3) is 0.136. The number of thiazole rings is 1. The number of nitrogens with two attached hydrogens (primary N) is 1. The molecule has 9 nitrogen and oxygen atoms in total. The van der Waals surface area contributed by atoms with Gasteiger partial charge in [0.15, 0.2) is 5.52 Å². The Hall–Kier alpha value is -4.05. The fourth-order valence-electron chi connectivity index (χ4n) is 3.17. The van der Waals surface area contributed by atoms with Crippen LogP contribution in [0.2, 0.25) is 0 Å². The van der Waals surface area contributed by atoms with Crippen LogP contribution >= 0.6 is 11.3 Å². The summed E-state index contributed by atoms with van der Waals surface area (Å²) < 4.78 is 6.97. The maximum absolute atomic E-state index is 12.9. The van der Waals surface area contributed by atoms with E-state index < -0.39 is 17.4 Å². The van der Waals surface area contributed by atoms with Gasteiger partial charge in [0.2, 0.25) is 11.8 Å². The van der Waals surface area contributed by atoms with Gasteiger partial charge in [-0.2, -0.15) is 5.10 Å². The third-order valence-electron chi connectivity index (χ3n) is 4.72. The number of benzene rings is 2. The average molecular weight is 449 g/mol. The van der Waals surface area contributed by atoms with Crippen molar-refractivity contribution in [3.05, 3.63) is 69.5 Å². The van der Waals surface area contributed by atoms with Crippen molar-refractivity contribution in [1.82, 2.24) is 14.8 Å². The number of nitrogens with zero attached hydrogens (tertiary/aromatic N) is 3. The highest BCUT2D eigenvalue weighted by atomic mass is 32.1. The van der Waals surface area contributed by atoms with Gasteiger partial charge in [-0.25, -0.2) is 9.67 Å². The molecule has 0 aliphatic rings. The van der Waals surface area contributed by atoms with Crippen LogP contribution in [0.4, 0.5) is 5.69 Å². The van der Waals surface area contributed by atoms with Crippen LogP contribution in [0, 0.1) is 6.92 Å². The van der Waals surface area contributed by atoms with E-state index in [0.29, 0.717) is 27.4 Å². The Labute approximate surface area is 186 Å². The summed E-state index contributed by atoms with van der Waals surface area (Å²) in [7, 11) is 1.58. The van der Waals surface area contributed by atoms with Gasteiger partial charge in [-0.1, -0.05) is 0 Å². The van der Waals surface area contributed by atoms with Crippen molar-refractivity contribution in [2.24, 2.45) is 5.73 Å². The molecule has 2 amide bonds. The molecule has 4 aromatic rings. The lowest BCUT2D eigenvalue weighted by atomic mass is 10.1. The minimum atomic E-state index is -0.559. The van der Waals surface area contributed by atoms with Gasteiger partial charge in [0.05, 0.1) is 16.8 Å². The molecule has 3 N–H and O–H groups in total. The molecular weight excluding hydrogens is 430 g/mol. The summed E-state index contributed by atoms with van der Waals surface area (Å²) in [6.07, 6.45) is 0. The Morgan fingerprint density at radius 3 is 2.44 bits per heavy atom. The van der Waals surface area contributed by atoms with Crippen LogP contribution in [0.3, 0.4) is 0 Å². The number of fused-ring (bicyclic) bond motifs is 1. The predicted octanol–water partition coefficient (Wildman–Crippen LogP) is 2.57. The first-order valence-electron chi connectivity index (χ1n) is 9.58. The number of amides is 2. The van der Waals surface area contributed by atoms with Crippen molar-refractivity contribution in [3.8, 4) is 17.0 Å². The van der Waals surface area contributed by atoms with Crippen LogP contribution in [-0.4, -0.2) is 33.7 Å². The molecule has 0 saturated heterocycles. The lowest BCUT2D eigenvalue weighted by Gasteiger charge is -2.10. The summed E-state index contributed by atoms with van der Waals surface area (Å²) in [4.78, 5) is 41.1. The molecule has 162 valence electrons. The van der Waals surface area contributed by atoms with E-state index in [4.69, 9.17) is 10.5 Å². The van der Waals surface area contributed by atoms with Crippen LogP contribution in [0.25, 0.3) is 21.5 Å². The summed E-state index contributed by atoms with van der Waals surface area (Å²) in [5.41, 5.74) is 7.18. The molecule has 0 saturated carbocycles. The number of aromatic nitrogens is 3. The van der Waals surface area contributed by atoms with Gasteiger partial charge < -0.3 is 15.8 Å². The van der Waals surface area contributed by atoms with Crippen LogP contribution in [-0.2, 0) is 11.3 Å². The number of methoxy groups -OCH3 is 1. The number of hydrogen-bond acceptors (Lipinski definition) is 7. The van der Waals surface area contributed by atoms with Crippen molar-refractivity contribution in [3.63, 3.8) is 0 Å². The van der Waals surface area contributed by atoms with Crippen molar-refractivity contribution in [1.29, 1.82) is 0 Å². The number of ether oxygens (including phenoxy) is 1. The zero-order valence-corrected chi connectivity index (χ0v) is 18.1. The van der Waals surface area contributed by atoms with Crippen LogP contribution in [0.1, 0.15) is 15.4 Å². The first kappa shape index (κ1) is 21.2. The van der Waals surface area contributed by atoms with Gasteiger partial charge in [0.25, 0.3) is 5.56 Å². The largest absolute Gasteiger partial charge is 0.497 e. The second-order valence-corrected chi connectivity index (χ2v) is 8.14. The summed E-state index contributed by atoms with van der Waals surface area (Å²) in [5.74, 6) is -0.310. The molecule has 2 aromatic heterocycles.